The summed E-state index contributed by atoms with van der Waals surface area (Å²) in [5.41, 5.74) is 0. The molecule has 0 saturated heterocycles. The van der Waals surface area contributed by atoms with Crippen LogP contribution in [0.25, 0.3) is 0 Å². The molecule has 0 aliphatic carbocycles. The SMILES string of the molecule is CCc1cnc(COc2ccc(S(=O)(=O)N(C)C)cc2)o1. The lowest BCUT2D eigenvalue weighted by atomic mass is 10.3. The Morgan fingerprint density at radius 2 is 1.90 bits per heavy atom. The van der Waals surface area contributed by atoms with Gasteiger partial charge in [0, 0.05) is 20.5 Å². The number of hydrogen-bond donors (Lipinski definition) is 0. The number of nitrogens with zero attached hydrogens (tertiary/aromatic N) is 2. The van der Waals surface area contributed by atoms with Crippen LogP contribution in [-0.2, 0) is 23.1 Å². The van der Waals surface area contributed by atoms with E-state index in [0.717, 1.165) is 12.2 Å². The minimum atomic E-state index is -3.41. The smallest absolute Gasteiger partial charge is 0.242 e. The van der Waals surface area contributed by atoms with Gasteiger partial charge in [0.25, 0.3) is 0 Å². The van der Waals surface area contributed by atoms with E-state index >= 15 is 0 Å². The molecule has 1 heterocycles. The van der Waals surface area contributed by atoms with Crippen LogP contribution in [0.1, 0.15) is 18.6 Å². The molecule has 21 heavy (non-hydrogen) atoms. The summed E-state index contributed by atoms with van der Waals surface area (Å²) in [6, 6.07) is 6.25. The van der Waals surface area contributed by atoms with Gasteiger partial charge in [0.2, 0.25) is 15.9 Å². The molecule has 0 atom stereocenters. The third-order valence-electron chi connectivity index (χ3n) is 2.91. The van der Waals surface area contributed by atoms with Crippen LogP contribution in [0.3, 0.4) is 0 Å². The van der Waals surface area contributed by atoms with Crippen molar-refractivity contribution in [3.8, 4) is 5.75 Å². The first-order valence-corrected chi connectivity index (χ1v) is 7.96. The molecule has 0 bridgehead atoms. The Hall–Kier alpha value is -1.86. The molecule has 0 saturated carbocycles. The van der Waals surface area contributed by atoms with Gasteiger partial charge < -0.3 is 9.15 Å². The fourth-order valence-corrected chi connectivity index (χ4v) is 2.54. The zero-order chi connectivity index (χ0) is 15.5. The van der Waals surface area contributed by atoms with Crippen LogP contribution in [0.4, 0.5) is 0 Å². The Morgan fingerprint density at radius 1 is 1.24 bits per heavy atom. The quantitative estimate of drug-likeness (QED) is 0.816. The van der Waals surface area contributed by atoms with Gasteiger partial charge in [-0.1, -0.05) is 6.92 Å². The Labute approximate surface area is 124 Å². The zero-order valence-electron chi connectivity index (χ0n) is 12.2. The minimum absolute atomic E-state index is 0.208. The molecule has 0 amide bonds. The van der Waals surface area contributed by atoms with E-state index in [2.05, 4.69) is 4.98 Å². The molecule has 1 aromatic carbocycles. The maximum Gasteiger partial charge on any atom is 0.242 e. The number of rotatable bonds is 6. The van der Waals surface area contributed by atoms with Crippen molar-refractivity contribution in [2.24, 2.45) is 0 Å². The molecule has 114 valence electrons. The summed E-state index contributed by atoms with van der Waals surface area (Å²) >= 11 is 0. The van der Waals surface area contributed by atoms with Crippen molar-refractivity contribution in [3.05, 3.63) is 42.1 Å². The molecule has 0 N–H and O–H groups in total. The molecule has 6 nitrogen and oxygen atoms in total. The van der Waals surface area contributed by atoms with E-state index in [1.807, 2.05) is 6.92 Å². The summed E-state index contributed by atoms with van der Waals surface area (Å²) in [6.07, 6.45) is 2.45. The van der Waals surface area contributed by atoms with Crippen LogP contribution in [-0.4, -0.2) is 31.8 Å². The lowest BCUT2D eigenvalue weighted by molar-refractivity contribution is 0.259. The molecule has 2 rings (SSSR count). The average Bonchev–Trinajstić information content (AvgIpc) is 2.93. The molecule has 2 aromatic rings. The van der Waals surface area contributed by atoms with E-state index in [1.165, 1.54) is 30.5 Å². The standard InChI is InChI=1S/C14H18N2O4S/c1-4-11-9-15-14(20-11)10-19-12-5-7-13(8-6-12)21(17,18)16(2)3/h5-9H,4,10H2,1-3H3. The van der Waals surface area contributed by atoms with E-state index < -0.39 is 10.0 Å². The number of oxazole rings is 1. The van der Waals surface area contributed by atoms with Crippen LogP contribution >= 0.6 is 0 Å². The summed E-state index contributed by atoms with van der Waals surface area (Å²) in [6.45, 7) is 2.19. The van der Waals surface area contributed by atoms with Crippen LogP contribution in [0.15, 0.2) is 39.8 Å². The van der Waals surface area contributed by atoms with Gasteiger partial charge >= 0.3 is 0 Å². The number of aryl methyl sites for hydroxylation is 1. The van der Waals surface area contributed by atoms with E-state index in [9.17, 15) is 8.42 Å². The average molecular weight is 310 g/mol. The third-order valence-corrected chi connectivity index (χ3v) is 4.74. The molecule has 7 heteroatoms. The summed E-state index contributed by atoms with van der Waals surface area (Å²) in [7, 11) is -0.427. The van der Waals surface area contributed by atoms with E-state index in [1.54, 1.807) is 18.3 Å². The van der Waals surface area contributed by atoms with Crippen molar-refractivity contribution in [2.75, 3.05) is 14.1 Å². The van der Waals surface area contributed by atoms with E-state index in [0.29, 0.717) is 11.6 Å². The first-order chi connectivity index (χ1) is 9.93. The number of ether oxygens (including phenoxy) is 1. The van der Waals surface area contributed by atoms with Crippen molar-refractivity contribution in [2.45, 2.75) is 24.8 Å². The van der Waals surface area contributed by atoms with Crippen molar-refractivity contribution in [3.63, 3.8) is 0 Å². The predicted octanol–water partition coefficient (Wildman–Crippen LogP) is 2.07. The molecule has 1 aromatic heterocycles. The fourth-order valence-electron chi connectivity index (χ4n) is 1.64. The summed E-state index contributed by atoms with van der Waals surface area (Å²) < 4.78 is 35.9. The van der Waals surface area contributed by atoms with Crippen molar-refractivity contribution in [1.82, 2.24) is 9.29 Å². The highest BCUT2D eigenvalue weighted by Gasteiger charge is 2.16. The van der Waals surface area contributed by atoms with Gasteiger partial charge in [-0.3, -0.25) is 0 Å². The van der Waals surface area contributed by atoms with Crippen molar-refractivity contribution < 1.29 is 17.6 Å². The highest BCUT2D eigenvalue weighted by molar-refractivity contribution is 7.89. The van der Waals surface area contributed by atoms with Gasteiger partial charge in [0.1, 0.15) is 11.5 Å². The molecule has 0 unspecified atom stereocenters. The zero-order valence-corrected chi connectivity index (χ0v) is 13.1. The Bertz CT molecular complexity index is 690. The second-order valence-corrected chi connectivity index (χ2v) is 6.77. The van der Waals surface area contributed by atoms with Crippen molar-refractivity contribution in [1.29, 1.82) is 0 Å². The second-order valence-electron chi connectivity index (χ2n) is 4.62. The molecule has 0 radical (unpaired) electrons. The van der Waals surface area contributed by atoms with Crippen LogP contribution in [0.5, 0.6) is 5.75 Å². The first kappa shape index (κ1) is 15.5. The first-order valence-electron chi connectivity index (χ1n) is 6.52. The second kappa shape index (κ2) is 6.28. The van der Waals surface area contributed by atoms with Crippen LogP contribution < -0.4 is 4.74 Å². The third kappa shape index (κ3) is 3.62. The number of sulfonamides is 1. The van der Waals surface area contributed by atoms with Gasteiger partial charge in [0.05, 0.1) is 11.1 Å². The number of aromatic nitrogens is 1. The monoisotopic (exact) mass is 310 g/mol. The maximum absolute atomic E-state index is 11.9. The summed E-state index contributed by atoms with van der Waals surface area (Å²) in [5.74, 6) is 1.86. The molecular weight excluding hydrogens is 292 g/mol. The lowest BCUT2D eigenvalue weighted by Crippen LogP contribution is -2.22. The van der Waals surface area contributed by atoms with Gasteiger partial charge in [-0.25, -0.2) is 17.7 Å². The topological polar surface area (TPSA) is 72.6 Å². The van der Waals surface area contributed by atoms with Crippen LogP contribution in [0, 0.1) is 0 Å². The van der Waals surface area contributed by atoms with Gasteiger partial charge in [-0.15, -0.1) is 0 Å². The van der Waals surface area contributed by atoms with E-state index in [-0.39, 0.29) is 11.5 Å². The molecule has 0 spiro atoms. The lowest BCUT2D eigenvalue weighted by Gasteiger charge is -2.11. The predicted molar refractivity (Wildman–Crippen MR) is 77.5 cm³/mol. The maximum atomic E-state index is 11.9. The highest BCUT2D eigenvalue weighted by Crippen LogP contribution is 2.19. The Morgan fingerprint density at radius 3 is 2.43 bits per heavy atom. The van der Waals surface area contributed by atoms with Crippen molar-refractivity contribution >= 4 is 10.0 Å². The molecule has 0 aliphatic heterocycles. The van der Waals surface area contributed by atoms with Gasteiger partial charge in [-0.05, 0) is 24.3 Å². The molecule has 0 aliphatic rings. The Kier molecular flexibility index (Phi) is 4.64. The van der Waals surface area contributed by atoms with Crippen LogP contribution in [0.2, 0.25) is 0 Å². The number of benzene rings is 1. The summed E-state index contributed by atoms with van der Waals surface area (Å²) in [4.78, 5) is 4.31. The largest absolute Gasteiger partial charge is 0.484 e. The highest BCUT2D eigenvalue weighted by atomic mass is 32.2. The fraction of sp³-hybridized carbons (Fsp3) is 0.357. The van der Waals surface area contributed by atoms with E-state index in [4.69, 9.17) is 9.15 Å². The normalized spacial score (nSPS) is 11.8. The molecule has 0 fully saturated rings. The van der Waals surface area contributed by atoms with Gasteiger partial charge in [-0.2, -0.15) is 0 Å². The summed E-state index contributed by atoms with van der Waals surface area (Å²) in [5, 5.41) is 0. The molecular formula is C14H18N2O4S. The number of hydrogen-bond acceptors (Lipinski definition) is 5. The minimum Gasteiger partial charge on any atom is -0.484 e. The van der Waals surface area contributed by atoms with Gasteiger partial charge in [0.15, 0.2) is 6.61 Å². The Balaban J connectivity index is 2.03.